The maximum absolute atomic E-state index is 11.8. The number of methoxy groups -OCH3 is 1. The molecule has 2 unspecified atom stereocenters. The van der Waals surface area contributed by atoms with E-state index in [1.807, 2.05) is 13.0 Å². The molecule has 3 aromatic heterocycles. The minimum absolute atomic E-state index is 0. The summed E-state index contributed by atoms with van der Waals surface area (Å²) < 4.78 is 29.0. The van der Waals surface area contributed by atoms with Crippen LogP contribution in [0.5, 0.6) is 5.88 Å². The van der Waals surface area contributed by atoms with Crippen molar-refractivity contribution in [2.75, 3.05) is 13.4 Å². The second kappa shape index (κ2) is 10.0. The van der Waals surface area contributed by atoms with Gasteiger partial charge in [-0.25, -0.2) is 28.4 Å². The number of nitrogens with one attached hydrogen (secondary N) is 1. The van der Waals surface area contributed by atoms with Gasteiger partial charge in [0.05, 0.1) is 29.4 Å². The van der Waals surface area contributed by atoms with Crippen molar-refractivity contribution in [2.24, 2.45) is 10.7 Å². The zero-order chi connectivity index (χ0) is 25.5. The fourth-order valence-corrected chi connectivity index (χ4v) is 5.11. The van der Waals surface area contributed by atoms with Gasteiger partial charge in [0.15, 0.2) is 15.5 Å². The highest BCUT2D eigenvalue weighted by Gasteiger charge is 2.44. The van der Waals surface area contributed by atoms with Crippen LogP contribution in [0.3, 0.4) is 0 Å². The number of dihydropyridines is 1. The lowest BCUT2D eigenvalue weighted by Crippen LogP contribution is -2.47. The summed E-state index contributed by atoms with van der Waals surface area (Å²) in [5.74, 6) is 1.03. The number of allylic oxidation sites excluding steroid dienone is 1. The third kappa shape index (κ3) is 4.85. The van der Waals surface area contributed by atoms with Crippen LogP contribution in [-0.4, -0.2) is 59.1 Å². The van der Waals surface area contributed by atoms with E-state index in [-0.39, 0.29) is 17.3 Å². The second-order valence-corrected chi connectivity index (χ2v) is 10.7. The first-order valence-corrected chi connectivity index (χ1v) is 13.1. The quantitative estimate of drug-likeness (QED) is 0.380. The Morgan fingerprint density at radius 2 is 1.86 bits per heavy atom. The number of sulfone groups is 1. The summed E-state index contributed by atoms with van der Waals surface area (Å²) in [6, 6.07) is 10.5. The van der Waals surface area contributed by atoms with Crippen LogP contribution < -0.4 is 10.5 Å². The number of hydrogen-bond acceptors (Lipinski definition) is 9. The van der Waals surface area contributed by atoms with Gasteiger partial charge in [-0.3, -0.25) is 4.99 Å². The van der Waals surface area contributed by atoms with Crippen molar-refractivity contribution in [3.8, 4) is 5.88 Å². The number of hydrogen-bond donors (Lipinski definition) is 2. The Bertz CT molecular complexity index is 1600. The number of nitrogens with zero attached hydrogens (tertiary/aromatic N) is 5. The monoisotopic (exact) mass is 539 g/mol. The van der Waals surface area contributed by atoms with Gasteiger partial charge in [-0.15, -0.1) is 12.4 Å². The molecule has 10 nitrogen and oxygen atoms in total. The average molecular weight is 540 g/mol. The van der Waals surface area contributed by atoms with E-state index in [1.165, 1.54) is 6.26 Å². The zero-order valence-corrected chi connectivity index (χ0v) is 22.0. The molecule has 0 saturated heterocycles. The maximum atomic E-state index is 11.8. The van der Waals surface area contributed by atoms with Gasteiger partial charge in [0.25, 0.3) is 0 Å². The van der Waals surface area contributed by atoms with Crippen LogP contribution in [0.1, 0.15) is 22.6 Å². The first-order valence-electron chi connectivity index (χ1n) is 11.2. The fraction of sp³-hybridized carbons (Fsp3) is 0.240. The number of nitrogens with two attached hydrogens (primary N) is 1. The van der Waals surface area contributed by atoms with E-state index in [9.17, 15) is 8.42 Å². The summed E-state index contributed by atoms with van der Waals surface area (Å²) in [4.78, 5) is 26.1. The van der Waals surface area contributed by atoms with Crippen LogP contribution in [0.15, 0.2) is 70.5 Å². The Morgan fingerprint density at radius 3 is 2.51 bits per heavy atom. The minimum atomic E-state index is -3.27. The van der Waals surface area contributed by atoms with Crippen LogP contribution in [0.2, 0.25) is 0 Å². The van der Waals surface area contributed by atoms with E-state index < -0.39 is 21.4 Å². The Morgan fingerprint density at radius 1 is 1.11 bits per heavy atom. The molecule has 0 fully saturated rings. The number of imidazole rings is 1. The van der Waals surface area contributed by atoms with Crippen molar-refractivity contribution in [1.29, 1.82) is 0 Å². The third-order valence-corrected chi connectivity index (χ3v) is 7.38. The molecule has 1 aromatic carbocycles. The summed E-state index contributed by atoms with van der Waals surface area (Å²) >= 11 is 0. The van der Waals surface area contributed by atoms with E-state index in [0.29, 0.717) is 35.0 Å². The second-order valence-electron chi connectivity index (χ2n) is 8.71. The Balaban J connectivity index is 0.00000320. The number of fused-ring (bicyclic) bond motifs is 1. The molecule has 0 radical (unpaired) electrons. The van der Waals surface area contributed by atoms with Crippen LogP contribution in [0.25, 0.3) is 11.2 Å². The molecule has 0 bridgehead atoms. The molecule has 192 valence electrons. The molecule has 3 N–H and O–H groups in total. The van der Waals surface area contributed by atoms with Gasteiger partial charge in [0.2, 0.25) is 5.88 Å². The summed E-state index contributed by atoms with van der Waals surface area (Å²) in [7, 11) is -1.72. The summed E-state index contributed by atoms with van der Waals surface area (Å²) in [5, 5.41) is 0. The zero-order valence-electron chi connectivity index (χ0n) is 20.4. The Hall–Kier alpha value is -3.67. The number of aliphatic imine (C=N–C) groups is 1. The molecule has 2 atom stereocenters. The van der Waals surface area contributed by atoms with Crippen molar-refractivity contribution in [1.82, 2.24) is 24.9 Å². The lowest BCUT2D eigenvalue weighted by atomic mass is 9.72. The Labute approximate surface area is 220 Å². The molecule has 37 heavy (non-hydrogen) atoms. The van der Waals surface area contributed by atoms with Gasteiger partial charge in [0, 0.05) is 24.7 Å². The molecule has 1 aliphatic rings. The SMILES string of the molecule is COc1ccc(C2(c3nc(C)nc4nc[nH]c34)C=C(Cc3ccc(S(C)(=O)=O)cc3)C=NC2N)cn1.Cl. The number of rotatable bonds is 6. The third-order valence-electron chi connectivity index (χ3n) is 6.25. The van der Waals surface area contributed by atoms with Crippen molar-refractivity contribution < 1.29 is 13.2 Å². The standard InChI is InChI=1S/C25H25N7O3S.ClH/c1-15-31-22(21-23(32-15)30-14-29-21)25(18-6-9-20(35-2)27-13-18)11-17(12-28-24(25)26)10-16-4-7-19(8-5-16)36(3,33)34;/h4-9,11-14,24H,10,26H2,1-3H3,(H,29,30,31,32);1H. The minimum Gasteiger partial charge on any atom is -0.481 e. The largest absolute Gasteiger partial charge is 0.481 e. The summed E-state index contributed by atoms with van der Waals surface area (Å²) in [5.41, 5.74) is 10.2. The van der Waals surface area contributed by atoms with E-state index in [1.54, 1.807) is 56.2 Å². The number of aromatic nitrogens is 5. The molecule has 4 heterocycles. The highest BCUT2D eigenvalue weighted by Crippen LogP contribution is 2.41. The molecule has 0 spiro atoms. The van der Waals surface area contributed by atoms with E-state index in [0.717, 1.165) is 16.7 Å². The first kappa shape index (κ1) is 26.4. The van der Waals surface area contributed by atoms with Crippen LogP contribution in [0, 0.1) is 6.92 Å². The smallest absolute Gasteiger partial charge is 0.212 e. The van der Waals surface area contributed by atoms with Gasteiger partial charge < -0.3 is 15.5 Å². The number of aryl methyl sites for hydroxylation is 1. The van der Waals surface area contributed by atoms with Gasteiger partial charge in [-0.1, -0.05) is 24.3 Å². The molecular weight excluding hydrogens is 514 g/mol. The molecule has 1 aliphatic heterocycles. The normalized spacial score (nSPS) is 19.4. The Kier molecular flexibility index (Phi) is 7.13. The predicted molar refractivity (Wildman–Crippen MR) is 143 cm³/mol. The molecule has 0 amide bonds. The van der Waals surface area contributed by atoms with Crippen molar-refractivity contribution in [2.45, 2.75) is 29.8 Å². The van der Waals surface area contributed by atoms with E-state index in [4.69, 9.17) is 15.5 Å². The number of benzene rings is 1. The first-order chi connectivity index (χ1) is 17.2. The molecule has 0 aliphatic carbocycles. The number of halogens is 1. The van der Waals surface area contributed by atoms with Crippen molar-refractivity contribution >= 4 is 39.6 Å². The lowest BCUT2D eigenvalue weighted by molar-refractivity contribution is 0.396. The number of pyridine rings is 1. The van der Waals surface area contributed by atoms with Crippen LogP contribution in [-0.2, 0) is 21.7 Å². The van der Waals surface area contributed by atoms with Gasteiger partial charge in [-0.05, 0) is 42.2 Å². The average Bonchev–Trinajstić information content (AvgIpc) is 3.33. The van der Waals surface area contributed by atoms with Crippen LogP contribution in [0.4, 0.5) is 0 Å². The molecular formula is C25H26ClN7O3S. The van der Waals surface area contributed by atoms with Gasteiger partial charge in [-0.2, -0.15) is 0 Å². The molecule has 4 aromatic rings. The molecule has 0 saturated carbocycles. The van der Waals surface area contributed by atoms with Crippen molar-refractivity contribution in [3.63, 3.8) is 0 Å². The lowest BCUT2D eigenvalue weighted by Gasteiger charge is -2.37. The highest BCUT2D eigenvalue weighted by molar-refractivity contribution is 7.90. The predicted octanol–water partition coefficient (Wildman–Crippen LogP) is 2.71. The van der Waals surface area contributed by atoms with E-state index in [2.05, 4.69) is 31.0 Å². The molecule has 5 rings (SSSR count). The number of aromatic amines is 1. The summed E-state index contributed by atoms with van der Waals surface area (Å²) in [6.45, 7) is 1.81. The van der Waals surface area contributed by atoms with Gasteiger partial charge >= 0.3 is 0 Å². The van der Waals surface area contributed by atoms with Crippen LogP contribution >= 0.6 is 12.4 Å². The number of H-pyrrole nitrogens is 1. The van der Waals surface area contributed by atoms with Crippen molar-refractivity contribution in [3.05, 3.63) is 83.2 Å². The highest BCUT2D eigenvalue weighted by atomic mass is 35.5. The van der Waals surface area contributed by atoms with E-state index >= 15 is 0 Å². The topological polar surface area (TPSA) is 149 Å². The molecule has 12 heteroatoms. The maximum Gasteiger partial charge on any atom is 0.212 e. The number of ether oxygens (including phenoxy) is 1. The van der Waals surface area contributed by atoms with Gasteiger partial charge in [0.1, 0.15) is 17.5 Å². The fourth-order valence-electron chi connectivity index (χ4n) is 4.48. The summed E-state index contributed by atoms with van der Waals surface area (Å²) in [6.07, 6.45) is 8.11.